The van der Waals surface area contributed by atoms with Gasteiger partial charge in [-0.1, -0.05) is 12.1 Å². The molecule has 0 aliphatic carbocycles. The number of aryl methyl sites for hydroxylation is 1. The van der Waals surface area contributed by atoms with Crippen LogP contribution >= 0.6 is 0 Å². The number of rotatable bonds is 7. The first kappa shape index (κ1) is 17.0. The number of carbonyl (C=O) groups is 2. The number of anilines is 1. The molecular weight excluding hydrogens is 272 g/mol. The molecule has 0 atom stereocenters. The third-order valence-corrected chi connectivity index (χ3v) is 2.94. The number of methoxy groups -OCH3 is 2. The van der Waals surface area contributed by atoms with Crippen molar-refractivity contribution >= 4 is 17.7 Å². The number of nitrogens with zero attached hydrogens (tertiary/aromatic N) is 1. The van der Waals surface area contributed by atoms with E-state index in [1.807, 2.05) is 31.2 Å². The molecule has 0 aliphatic heterocycles. The van der Waals surface area contributed by atoms with E-state index in [4.69, 9.17) is 4.74 Å². The van der Waals surface area contributed by atoms with E-state index in [1.54, 1.807) is 7.11 Å². The molecule has 0 aromatic heterocycles. The van der Waals surface area contributed by atoms with Crippen molar-refractivity contribution in [2.45, 2.75) is 13.3 Å². The van der Waals surface area contributed by atoms with Gasteiger partial charge in [0, 0.05) is 25.9 Å². The molecule has 21 heavy (non-hydrogen) atoms. The van der Waals surface area contributed by atoms with E-state index >= 15 is 0 Å². The van der Waals surface area contributed by atoms with Crippen molar-refractivity contribution in [1.82, 2.24) is 4.90 Å². The summed E-state index contributed by atoms with van der Waals surface area (Å²) >= 11 is 0. The number of benzene rings is 1. The molecule has 0 saturated heterocycles. The lowest BCUT2D eigenvalue weighted by atomic mass is 10.2. The lowest BCUT2D eigenvalue weighted by Crippen LogP contribution is -2.38. The number of esters is 1. The average molecular weight is 294 g/mol. The predicted molar refractivity (Wildman–Crippen MR) is 80.3 cm³/mol. The van der Waals surface area contributed by atoms with Crippen molar-refractivity contribution in [1.29, 1.82) is 0 Å². The van der Waals surface area contributed by atoms with Crippen LogP contribution in [0.3, 0.4) is 0 Å². The van der Waals surface area contributed by atoms with Crippen molar-refractivity contribution in [3.05, 3.63) is 29.8 Å². The summed E-state index contributed by atoms with van der Waals surface area (Å²) in [5.41, 5.74) is 1.78. The standard InChI is InChI=1S/C15H22N2O4/c1-12-5-4-6-13(11-12)16-15(19)17(9-10-20-2)8-7-14(18)21-3/h4-6,11H,7-10H2,1-3H3,(H,16,19). The van der Waals surface area contributed by atoms with E-state index < -0.39 is 0 Å². The Kier molecular flexibility index (Phi) is 7.25. The number of nitrogens with one attached hydrogen (secondary N) is 1. The zero-order chi connectivity index (χ0) is 15.7. The molecule has 0 unspecified atom stereocenters. The van der Waals surface area contributed by atoms with Crippen LogP contribution in [-0.2, 0) is 14.3 Å². The lowest BCUT2D eigenvalue weighted by molar-refractivity contribution is -0.140. The van der Waals surface area contributed by atoms with Crippen LogP contribution in [-0.4, -0.2) is 50.8 Å². The summed E-state index contributed by atoms with van der Waals surface area (Å²) in [5, 5.41) is 2.81. The van der Waals surface area contributed by atoms with Gasteiger partial charge >= 0.3 is 12.0 Å². The summed E-state index contributed by atoms with van der Waals surface area (Å²) < 4.78 is 9.58. The van der Waals surface area contributed by atoms with E-state index in [0.717, 1.165) is 11.3 Å². The summed E-state index contributed by atoms with van der Waals surface area (Å²) in [4.78, 5) is 25.0. The van der Waals surface area contributed by atoms with Crippen LogP contribution in [0.2, 0.25) is 0 Å². The number of hydrogen-bond acceptors (Lipinski definition) is 4. The summed E-state index contributed by atoms with van der Waals surface area (Å²) in [6, 6.07) is 7.27. The second-order valence-electron chi connectivity index (χ2n) is 4.61. The van der Waals surface area contributed by atoms with Crippen molar-refractivity contribution in [2.75, 3.05) is 39.2 Å². The minimum Gasteiger partial charge on any atom is -0.469 e. The number of carbonyl (C=O) groups excluding carboxylic acids is 2. The van der Waals surface area contributed by atoms with E-state index in [0.29, 0.717) is 13.2 Å². The monoisotopic (exact) mass is 294 g/mol. The van der Waals surface area contributed by atoms with Gasteiger partial charge < -0.3 is 19.7 Å². The fourth-order valence-corrected chi connectivity index (χ4v) is 1.77. The Bertz CT molecular complexity index is 476. The second kappa shape index (κ2) is 8.97. The van der Waals surface area contributed by atoms with Crippen molar-refractivity contribution in [3.63, 3.8) is 0 Å². The van der Waals surface area contributed by atoms with Crippen molar-refractivity contribution < 1.29 is 19.1 Å². The zero-order valence-corrected chi connectivity index (χ0v) is 12.7. The summed E-state index contributed by atoms with van der Waals surface area (Å²) in [7, 11) is 2.89. The molecule has 6 nitrogen and oxygen atoms in total. The van der Waals surface area contributed by atoms with Gasteiger partial charge in [0.05, 0.1) is 20.1 Å². The van der Waals surface area contributed by atoms with Gasteiger partial charge in [-0.2, -0.15) is 0 Å². The fraction of sp³-hybridized carbons (Fsp3) is 0.467. The third-order valence-electron chi connectivity index (χ3n) is 2.94. The third kappa shape index (κ3) is 6.27. The molecule has 0 fully saturated rings. The van der Waals surface area contributed by atoms with Crippen LogP contribution in [0.4, 0.5) is 10.5 Å². The van der Waals surface area contributed by atoms with Crippen LogP contribution in [0, 0.1) is 6.92 Å². The summed E-state index contributed by atoms with van der Waals surface area (Å²) in [6.45, 7) is 3.05. The normalized spacial score (nSPS) is 10.0. The first-order chi connectivity index (χ1) is 10.1. The Hall–Kier alpha value is -2.08. The minimum atomic E-state index is -0.347. The summed E-state index contributed by atoms with van der Waals surface area (Å²) in [6.07, 6.45) is 0.154. The van der Waals surface area contributed by atoms with Gasteiger partial charge in [0.25, 0.3) is 0 Å². The molecule has 1 rings (SSSR count). The molecule has 0 spiro atoms. The summed E-state index contributed by atoms with van der Waals surface area (Å²) in [5.74, 6) is -0.347. The number of urea groups is 1. The molecule has 116 valence electrons. The van der Waals surface area contributed by atoms with Gasteiger partial charge in [-0.15, -0.1) is 0 Å². The van der Waals surface area contributed by atoms with Crippen LogP contribution < -0.4 is 5.32 Å². The topological polar surface area (TPSA) is 67.9 Å². The second-order valence-corrected chi connectivity index (χ2v) is 4.61. The van der Waals surface area contributed by atoms with Gasteiger partial charge in [-0.05, 0) is 24.6 Å². The van der Waals surface area contributed by atoms with E-state index in [9.17, 15) is 9.59 Å². The van der Waals surface area contributed by atoms with Gasteiger partial charge in [0.2, 0.25) is 0 Å². The quantitative estimate of drug-likeness (QED) is 0.781. The maximum atomic E-state index is 12.2. The molecule has 6 heteroatoms. The molecule has 0 radical (unpaired) electrons. The zero-order valence-electron chi connectivity index (χ0n) is 12.7. The Morgan fingerprint density at radius 1 is 1.24 bits per heavy atom. The van der Waals surface area contributed by atoms with E-state index in [1.165, 1.54) is 12.0 Å². The van der Waals surface area contributed by atoms with Crippen molar-refractivity contribution in [2.24, 2.45) is 0 Å². The first-order valence-electron chi connectivity index (χ1n) is 6.75. The van der Waals surface area contributed by atoms with Gasteiger partial charge in [-0.3, -0.25) is 4.79 Å². The molecule has 2 amide bonds. The molecule has 0 heterocycles. The average Bonchev–Trinajstić information content (AvgIpc) is 2.46. The van der Waals surface area contributed by atoms with E-state index in [-0.39, 0.29) is 25.0 Å². The lowest BCUT2D eigenvalue weighted by Gasteiger charge is -2.22. The Morgan fingerprint density at radius 3 is 2.62 bits per heavy atom. The van der Waals surface area contributed by atoms with E-state index in [2.05, 4.69) is 10.1 Å². The van der Waals surface area contributed by atoms with Crippen LogP contribution in [0.25, 0.3) is 0 Å². The van der Waals surface area contributed by atoms with Crippen molar-refractivity contribution in [3.8, 4) is 0 Å². The Balaban J connectivity index is 2.63. The SMILES string of the molecule is COCCN(CCC(=O)OC)C(=O)Nc1cccc(C)c1. The number of ether oxygens (including phenoxy) is 2. The Labute approximate surface area is 125 Å². The van der Waals surface area contributed by atoms with Crippen LogP contribution in [0.5, 0.6) is 0 Å². The molecule has 0 aliphatic rings. The Morgan fingerprint density at radius 2 is 2.00 bits per heavy atom. The van der Waals surface area contributed by atoms with Crippen LogP contribution in [0.15, 0.2) is 24.3 Å². The highest BCUT2D eigenvalue weighted by Gasteiger charge is 2.15. The maximum Gasteiger partial charge on any atom is 0.321 e. The molecule has 1 N–H and O–H groups in total. The largest absolute Gasteiger partial charge is 0.469 e. The maximum absolute atomic E-state index is 12.2. The first-order valence-corrected chi connectivity index (χ1v) is 6.75. The molecule has 0 bridgehead atoms. The highest BCUT2D eigenvalue weighted by atomic mass is 16.5. The molecule has 1 aromatic rings. The molecule has 0 saturated carbocycles. The molecule has 1 aromatic carbocycles. The van der Waals surface area contributed by atoms with Gasteiger partial charge in [0.15, 0.2) is 0 Å². The van der Waals surface area contributed by atoms with Gasteiger partial charge in [-0.25, -0.2) is 4.79 Å². The number of hydrogen-bond donors (Lipinski definition) is 1. The highest BCUT2D eigenvalue weighted by Crippen LogP contribution is 2.10. The van der Waals surface area contributed by atoms with Crippen LogP contribution in [0.1, 0.15) is 12.0 Å². The highest BCUT2D eigenvalue weighted by molar-refractivity contribution is 5.89. The van der Waals surface area contributed by atoms with Gasteiger partial charge in [0.1, 0.15) is 0 Å². The minimum absolute atomic E-state index is 0.154. The molecular formula is C15H22N2O4. The predicted octanol–water partition coefficient (Wildman–Crippen LogP) is 2.04. The fourth-order valence-electron chi connectivity index (χ4n) is 1.77. The smallest absolute Gasteiger partial charge is 0.321 e. The number of amides is 2.